The SMILES string of the molecule is C=CCCC(CBr)NS(=O)(=O)c1ccccc1. The molecule has 0 fully saturated rings. The van der Waals surface area contributed by atoms with E-state index in [1.807, 2.05) is 0 Å². The minimum Gasteiger partial charge on any atom is -0.207 e. The minimum absolute atomic E-state index is 0.113. The molecule has 0 saturated heterocycles. The number of benzene rings is 1. The van der Waals surface area contributed by atoms with Crippen molar-refractivity contribution in [3.8, 4) is 0 Å². The van der Waals surface area contributed by atoms with Crippen molar-refractivity contribution in [3.63, 3.8) is 0 Å². The van der Waals surface area contributed by atoms with Gasteiger partial charge in [0.05, 0.1) is 4.90 Å². The van der Waals surface area contributed by atoms with Crippen LogP contribution in [0.25, 0.3) is 0 Å². The van der Waals surface area contributed by atoms with Gasteiger partial charge in [-0.3, -0.25) is 0 Å². The summed E-state index contributed by atoms with van der Waals surface area (Å²) in [6.07, 6.45) is 3.31. The molecule has 0 bridgehead atoms. The molecule has 0 amide bonds. The second kappa shape index (κ2) is 6.93. The van der Waals surface area contributed by atoms with E-state index in [0.29, 0.717) is 10.2 Å². The van der Waals surface area contributed by atoms with Crippen molar-refractivity contribution >= 4 is 26.0 Å². The maximum Gasteiger partial charge on any atom is 0.240 e. The lowest BCUT2D eigenvalue weighted by Gasteiger charge is -2.15. The molecule has 0 aliphatic heterocycles. The van der Waals surface area contributed by atoms with Crippen LogP contribution in [0.1, 0.15) is 12.8 Å². The monoisotopic (exact) mass is 317 g/mol. The van der Waals surface area contributed by atoms with Gasteiger partial charge in [-0.15, -0.1) is 6.58 Å². The second-order valence-electron chi connectivity index (χ2n) is 3.65. The molecule has 0 aliphatic carbocycles. The fraction of sp³-hybridized carbons (Fsp3) is 0.333. The quantitative estimate of drug-likeness (QED) is 0.621. The number of hydrogen-bond donors (Lipinski definition) is 1. The number of hydrogen-bond acceptors (Lipinski definition) is 2. The van der Waals surface area contributed by atoms with Crippen LogP contribution in [0.3, 0.4) is 0 Å². The Labute approximate surface area is 111 Å². The third-order valence-corrected chi connectivity index (χ3v) is 4.60. The van der Waals surface area contributed by atoms with E-state index >= 15 is 0 Å². The topological polar surface area (TPSA) is 46.2 Å². The molecule has 3 nitrogen and oxygen atoms in total. The van der Waals surface area contributed by atoms with Gasteiger partial charge in [0.1, 0.15) is 0 Å². The summed E-state index contributed by atoms with van der Waals surface area (Å²) in [5.74, 6) is 0. The van der Waals surface area contributed by atoms with Gasteiger partial charge >= 0.3 is 0 Å². The summed E-state index contributed by atoms with van der Waals surface area (Å²) < 4.78 is 26.7. The van der Waals surface area contributed by atoms with Gasteiger partial charge in [-0.1, -0.05) is 40.2 Å². The largest absolute Gasteiger partial charge is 0.240 e. The van der Waals surface area contributed by atoms with Crippen LogP contribution in [0.4, 0.5) is 0 Å². The van der Waals surface area contributed by atoms with Crippen LogP contribution in [0.15, 0.2) is 47.9 Å². The van der Waals surface area contributed by atoms with Crippen molar-refractivity contribution in [2.24, 2.45) is 0 Å². The van der Waals surface area contributed by atoms with Crippen molar-refractivity contribution in [1.82, 2.24) is 4.72 Å². The van der Waals surface area contributed by atoms with E-state index < -0.39 is 10.0 Å². The van der Waals surface area contributed by atoms with Crippen LogP contribution < -0.4 is 4.72 Å². The van der Waals surface area contributed by atoms with Gasteiger partial charge < -0.3 is 0 Å². The van der Waals surface area contributed by atoms with Crippen LogP contribution in [0, 0.1) is 0 Å². The first-order chi connectivity index (χ1) is 8.10. The molecule has 1 aromatic rings. The molecule has 1 rings (SSSR count). The summed E-state index contributed by atoms with van der Waals surface area (Å²) in [6.45, 7) is 3.63. The molecule has 5 heteroatoms. The molecule has 1 atom stereocenters. The normalized spacial score (nSPS) is 13.2. The van der Waals surface area contributed by atoms with E-state index in [1.54, 1.807) is 36.4 Å². The highest BCUT2D eigenvalue weighted by atomic mass is 79.9. The molecule has 1 N–H and O–H groups in total. The molecule has 0 saturated carbocycles. The number of halogens is 1. The van der Waals surface area contributed by atoms with Crippen molar-refractivity contribution in [3.05, 3.63) is 43.0 Å². The molecule has 1 aromatic carbocycles. The van der Waals surface area contributed by atoms with E-state index in [0.717, 1.165) is 12.8 Å². The standard InChI is InChI=1S/C12H16BrNO2S/c1-2-3-7-11(10-13)14-17(15,16)12-8-5-4-6-9-12/h2,4-6,8-9,11,14H,1,3,7,10H2. The number of sulfonamides is 1. The lowest BCUT2D eigenvalue weighted by molar-refractivity contribution is 0.553. The van der Waals surface area contributed by atoms with Gasteiger partial charge in [0.25, 0.3) is 0 Å². The maximum absolute atomic E-state index is 12.0. The molecule has 0 aromatic heterocycles. The van der Waals surface area contributed by atoms with Gasteiger partial charge in [-0.25, -0.2) is 13.1 Å². The zero-order valence-electron chi connectivity index (χ0n) is 9.47. The van der Waals surface area contributed by atoms with Crippen LogP contribution in [0.2, 0.25) is 0 Å². The van der Waals surface area contributed by atoms with E-state index in [1.165, 1.54) is 0 Å². The highest BCUT2D eigenvalue weighted by Crippen LogP contribution is 2.11. The first kappa shape index (κ1) is 14.4. The second-order valence-corrected chi connectivity index (χ2v) is 6.01. The fourth-order valence-electron chi connectivity index (χ4n) is 1.37. The molecule has 1 unspecified atom stereocenters. The summed E-state index contributed by atoms with van der Waals surface area (Å²) in [7, 11) is -3.42. The predicted molar refractivity (Wildman–Crippen MR) is 73.8 cm³/mol. The van der Waals surface area contributed by atoms with Crippen LogP contribution >= 0.6 is 15.9 Å². The number of rotatable bonds is 7. The summed E-state index contributed by atoms with van der Waals surface area (Å²) >= 11 is 3.31. The van der Waals surface area contributed by atoms with E-state index in [-0.39, 0.29) is 6.04 Å². The number of alkyl halides is 1. The summed E-state index contributed by atoms with van der Waals surface area (Å²) in [5, 5.41) is 0.590. The van der Waals surface area contributed by atoms with Crippen LogP contribution in [-0.4, -0.2) is 19.8 Å². The minimum atomic E-state index is -3.42. The molecule has 0 radical (unpaired) electrons. The van der Waals surface area contributed by atoms with Crippen molar-refractivity contribution < 1.29 is 8.42 Å². The summed E-state index contributed by atoms with van der Waals surface area (Å²) in [4.78, 5) is 0.296. The Kier molecular flexibility index (Phi) is 5.88. The average molecular weight is 318 g/mol. The Morgan fingerprint density at radius 2 is 2.00 bits per heavy atom. The molecular weight excluding hydrogens is 302 g/mol. The van der Waals surface area contributed by atoms with Gasteiger partial charge in [-0.05, 0) is 25.0 Å². The zero-order chi connectivity index (χ0) is 12.7. The molecule has 94 valence electrons. The Bertz CT molecular complexity index is 445. The number of nitrogens with one attached hydrogen (secondary N) is 1. The molecule has 17 heavy (non-hydrogen) atoms. The van der Waals surface area contributed by atoms with Crippen molar-refractivity contribution in [1.29, 1.82) is 0 Å². The van der Waals surface area contributed by atoms with Gasteiger partial charge in [0.2, 0.25) is 10.0 Å². The summed E-state index contributed by atoms with van der Waals surface area (Å²) in [5.41, 5.74) is 0. The maximum atomic E-state index is 12.0. The van der Waals surface area contributed by atoms with Gasteiger partial charge in [-0.2, -0.15) is 0 Å². The lowest BCUT2D eigenvalue weighted by Crippen LogP contribution is -2.35. The van der Waals surface area contributed by atoms with E-state index in [2.05, 4.69) is 27.2 Å². The Morgan fingerprint density at radius 1 is 1.35 bits per heavy atom. The molecular formula is C12H16BrNO2S. The first-order valence-corrected chi connectivity index (χ1v) is 7.95. The van der Waals surface area contributed by atoms with E-state index in [9.17, 15) is 8.42 Å². The predicted octanol–water partition coefficient (Wildman–Crippen LogP) is 2.69. The first-order valence-electron chi connectivity index (χ1n) is 5.34. The smallest absolute Gasteiger partial charge is 0.207 e. The summed E-state index contributed by atoms with van der Waals surface area (Å²) in [6, 6.07) is 8.27. The average Bonchev–Trinajstić information content (AvgIpc) is 2.35. The van der Waals surface area contributed by atoms with Crippen LogP contribution in [-0.2, 0) is 10.0 Å². The number of allylic oxidation sites excluding steroid dienone is 1. The molecule has 0 aliphatic rings. The van der Waals surface area contributed by atoms with Gasteiger partial charge in [0.15, 0.2) is 0 Å². The third kappa shape index (κ3) is 4.61. The highest BCUT2D eigenvalue weighted by Gasteiger charge is 2.18. The Hall–Kier alpha value is -0.650. The Morgan fingerprint density at radius 3 is 2.53 bits per heavy atom. The zero-order valence-corrected chi connectivity index (χ0v) is 11.9. The molecule has 0 heterocycles. The fourth-order valence-corrected chi connectivity index (χ4v) is 3.37. The Balaban J connectivity index is 2.75. The van der Waals surface area contributed by atoms with Crippen molar-refractivity contribution in [2.75, 3.05) is 5.33 Å². The molecule has 0 spiro atoms. The van der Waals surface area contributed by atoms with Crippen molar-refractivity contribution in [2.45, 2.75) is 23.8 Å². The highest BCUT2D eigenvalue weighted by molar-refractivity contribution is 9.09. The lowest BCUT2D eigenvalue weighted by atomic mass is 10.2. The third-order valence-electron chi connectivity index (χ3n) is 2.28. The van der Waals surface area contributed by atoms with Crippen LogP contribution in [0.5, 0.6) is 0 Å². The van der Waals surface area contributed by atoms with Gasteiger partial charge in [0, 0.05) is 11.4 Å². The van der Waals surface area contributed by atoms with E-state index in [4.69, 9.17) is 0 Å².